The Kier molecular flexibility index (Phi) is 8.66. The number of nitrogens with zero attached hydrogens (tertiary/aromatic N) is 6. The molecule has 0 amide bonds. The van der Waals surface area contributed by atoms with E-state index in [1.54, 1.807) is 6.07 Å². The molecule has 1 atom stereocenters. The lowest BCUT2D eigenvalue weighted by Crippen LogP contribution is -2.38. The first-order valence-corrected chi connectivity index (χ1v) is 13.1. The zero-order valence-electron chi connectivity index (χ0n) is 22.7. The van der Waals surface area contributed by atoms with E-state index in [4.69, 9.17) is 4.74 Å². The number of hydrogen-bond acceptors (Lipinski definition) is 7. The Labute approximate surface area is 218 Å². The number of anilines is 1. The number of aryl methyl sites for hydroxylation is 1. The summed E-state index contributed by atoms with van der Waals surface area (Å²) in [5.41, 5.74) is 2.41. The summed E-state index contributed by atoms with van der Waals surface area (Å²) >= 11 is 0. The van der Waals surface area contributed by atoms with Crippen LogP contribution in [-0.2, 0) is 4.74 Å². The lowest BCUT2D eigenvalue weighted by Gasteiger charge is -2.31. The van der Waals surface area contributed by atoms with Crippen molar-refractivity contribution in [3.63, 3.8) is 0 Å². The lowest BCUT2D eigenvalue weighted by atomic mass is 10.1. The van der Waals surface area contributed by atoms with Crippen molar-refractivity contribution in [2.24, 2.45) is 4.99 Å². The number of piperidine rings is 1. The Hall–Kier alpha value is -3.17. The van der Waals surface area contributed by atoms with Crippen molar-refractivity contribution >= 4 is 23.1 Å². The van der Waals surface area contributed by atoms with Crippen molar-refractivity contribution in [2.75, 3.05) is 25.0 Å². The van der Waals surface area contributed by atoms with Gasteiger partial charge in [-0.05, 0) is 72.2 Å². The van der Waals surface area contributed by atoms with Crippen LogP contribution in [0.15, 0.2) is 41.4 Å². The molecular weight excluding hydrogens is 469 g/mol. The van der Waals surface area contributed by atoms with Crippen LogP contribution >= 0.6 is 0 Å². The van der Waals surface area contributed by atoms with Crippen LogP contribution in [0.5, 0.6) is 0 Å². The first kappa shape index (κ1) is 26.9. The molecule has 4 rings (SSSR count). The molecule has 1 saturated heterocycles. The maximum Gasteiger partial charge on any atom is 0.151 e. The number of fused-ring (bicyclic) bond motifs is 1. The van der Waals surface area contributed by atoms with Gasteiger partial charge < -0.3 is 19.5 Å². The van der Waals surface area contributed by atoms with Crippen LogP contribution in [0.25, 0.3) is 22.3 Å². The minimum absolute atomic E-state index is 0.0974. The molecule has 3 heterocycles. The molecule has 0 saturated carbocycles. The van der Waals surface area contributed by atoms with E-state index in [0.717, 1.165) is 43.8 Å². The van der Waals surface area contributed by atoms with Gasteiger partial charge in [-0.1, -0.05) is 6.92 Å². The van der Waals surface area contributed by atoms with E-state index in [1.165, 1.54) is 12.4 Å². The van der Waals surface area contributed by atoms with Crippen molar-refractivity contribution in [3.8, 4) is 11.3 Å². The number of hydrogen-bond donors (Lipinski definition) is 1. The van der Waals surface area contributed by atoms with Gasteiger partial charge in [0, 0.05) is 37.0 Å². The van der Waals surface area contributed by atoms with Gasteiger partial charge in [0.2, 0.25) is 0 Å². The van der Waals surface area contributed by atoms with Gasteiger partial charge in [0.05, 0.1) is 23.4 Å². The summed E-state index contributed by atoms with van der Waals surface area (Å²) in [5, 5.41) is 3.24. The molecule has 37 heavy (non-hydrogen) atoms. The predicted molar refractivity (Wildman–Crippen MR) is 147 cm³/mol. The van der Waals surface area contributed by atoms with Crippen molar-refractivity contribution in [2.45, 2.75) is 72.6 Å². The number of benzene rings is 1. The topological polar surface area (TPSA) is 80.5 Å². The van der Waals surface area contributed by atoms with Crippen LogP contribution in [-0.4, -0.2) is 62.5 Å². The van der Waals surface area contributed by atoms with Crippen molar-refractivity contribution < 1.29 is 9.13 Å². The SMILES string of the molecule is C/C=C(\N=C/C(C)OC1CCN(CC)CC1)Nc1cc(-c2cc(F)c3nc(C)n(C(C)C)c3c2)ncn1. The summed E-state index contributed by atoms with van der Waals surface area (Å²) in [6.07, 6.45) is 7.43. The largest absolute Gasteiger partial charge is 0.370 e. The van der Waals surface area contributed by atoms with E-state index >= 15 is 0 Å². The summed E-state index contributed by atoms with van der Waals surface area (Å²) in [4.78, 5) is 20.2. The van der Waals surface area contributed by atoms with Crippen molar-refractivity contribution in [3.05, 3.63) is 48.1 Å². The predicted octanol–water partition coefficient (Wildman–Crippen LogP) is 5.76. The van der Waals surface area contributed by atoms with Gasteiger partial charge in [0.15, 0.2) is 5.82 Å². The second kappa shape index (κ2) is 11.9. The van der Waals surface area contributed by atoms with Gasteiger partial charge >= 0.3 is 0 Å². The molecule has 0 aliphatic carbocycles. The average Bonchev–Trinajstić information content (AvgIpc) is 3.23. The summed E-state index contributed by atoms with van der Waals surface area (Å²) in [6.45, 7) is 15.4. The third-order valence-electron chi connectivity index (χ3n) is 6.75. The Morgan fingerprint density at radius 2 is 1.97 bits per heavy atom. The average molecular weight is 508 g/mol. The number of ether oxygens (including phenoxy) is 1. The van der Waals surface area contributed by atoms with E-state index in [1.807, 2.05) is 43.7 Å². The van der Waals surface area contributed by atoms with Crippen LogP contribution in [0.2, 0.25) is 0 Å². The third kappa shape index (κ3) is 6.40. The molecule has 0 spiro atoms. The molecule has 0 radical (unpaired) electrons. The normalized spacial score (nSPS) is 16.8. The first-order chi connectivity index (χ1) is 17.8. The van der Waals surface area contributed by atoms with Crippen LogP contribution in [0.1, 0.15) is 59.3 Å². The first-order valence-electron chi connectivity index (χ1n) is 13.1. The number of likely N-dealkylation sites (tertiary alicyclic amines) is 1. The summed E-state index contributed by atoms with van der Waals surface area (Å²) in [7, 11) is 0. The molecule has 1 aliphatic rings. The zero-order chi connectivity index (χ0) is 26.5. The second-order valence-electron chi connectivity index (χ2n) is 9.79. The van der Waals surface area contributed by atoms with Gasteiger partial charge in [-0.2, -0.15) is 0 Å². The van der Waals surface area contributed by atoms with Crippen LogP contribution in [0.3, 0.4) is 0 Å². The lowest BCUT2D eigenvalue weighted by molar-refractivity contribution is -0.00542. The van der Waals surface area contributed by atoms with Crippen LogP contribution in [0.4, 0.5) is 10.2 Å². The number of nitrogens with one attached hydrogen (secondary N) is 1. The van der Waals surface area contributed by atoms with E-state index in [2.05, 4.69) is 50.9 Å². The monoisotopic (exact) mass is 507 g/mol. The molecule has 1 aromatic carbocycles. The van der Waals surface area contributed by atoms with E-state index in [9.17, 15) is 4.39 Å². The second-order valence-corrected chi connectivity index (χ2v) is 9.79. The van der Waals surface area contributed by atoms with Crippen LogP contribution < -0.4 is 5.32 Å². The zero-order valence-corrected chi connectivity index (χ0v) is 22.7. The highest BCUT2D eigenvalue weighted by Gasteiger charge is 2.20. The summed E-state index contributed by atoms with van der Waals surface area (Å²) in [5.74, 6) is 1.64. The molecule has 1 fully saturated rings. The molecule has 0 bridgehead atoms. The number of aliphatic imine (C=N–C) groups is 1. The maximum atomic E-state index is 15.0. The molecular formula is C28H38FN7O. The highest BCUT2D eigenvalue weighted by atomic mass is 19.1. The molecule has 198 valence electrons. The molecule has 1 unspecified atom stereocenters. The standard InChI is InChI=1S/C28H38FN7O/c1-7-26(30-16-19(5)37-22-9-11-35(8-2)12-10-22)34-27-15-24(31-17-32-27)21-13-23(29)28-25(14-21)36(18(3)4)20(6)33-28/h7,13-19,22H,8-12H2,1-6H3,(H,31,32,34)/b26-7+,30-16-. The van der Waals surface area contributed by atoms with Crippen molar-refractivity contribution in [1.29, 1.82) is 0 Å². The fourth-order valence-corrected chi connectivity index (χ4v) is 4.85. The number of halogens is 1. The van der Waals surface area contributed by atoms with Gasteiger partial charge in [-0.25, -0.2) is 24.3 Å². The Balaban J connectivity index is 1.46. The summed E-state index contributed by atoms with van der Waals surface area (Å²) < 4.78 is 23.2. The van der Waals surface area contributed by atoms with Gasteiger partial charge in [-0.3, -0.25) is 0 Å². The molecule has 3 aromatic rings. The maximum absolute atomic E-state index is 15.0. The third-order valence-corrected chi connectivity index (χ3v) is 6.75. The van der Waals surface area contributed by atoms with Gasteiger partial charge in [0.1, 0.15) is 29.3 Å². The molecule has 1 N–H and O–H groups in total. The van der Waals surface area contributed by atoms with Gasteiger partial charge in [-0.15, -0.1) is 0 Å². The quantitative estimate of drug-likeness (QED) is 0.371. The van der Waals surface area contributed by atoms with E-state index in [0.29, 0.717) is 28.4 Å². The fourth-order valence-electron chi connectivity index (χ4n) is 4.85. The van der Waals surface area contributed by atoms with E-state index in [-0.39, 0.29) is 24.1 Å². The molecule has 2 aromatic heterocycles. The Morgan fingerprint density at radius 3 is 2.65 bits per heavy atom. The summed E-state index contributed by atoms with van der Waals surface area (Å²) in [6, 6.07) is 5.37. The Bertz CT molecular complexity index is 1280. The Morgan fingerprint density at radius 1 is 1.22 bits per heavy atom. The molecule has 8 nitrogen and oxygen atoms in total. The fraction of sp³-hybridized carbons (Fsp3) is 0.500. The number of rotatable bonds is 9. The minimum Gasteiger partial charge on any atom is -0.370 e. The van der Waals surface area contributed by atoms with E-state index < -0.39 is 0 Å². The molecule has 1 aliphatic heterocycles. The molecule has 9 heteroatoms. The minimum atomic E-state index is -0.365. The highest BCUT2D eigenvalue weighted by Crippen LogP contribution is 2.29. The highest BCUT2D eigenvalue weighted by molar-refractivity contribution is 5.83. The number of allylic oxidation sites excluding steroid dienone is 1. The van der Waals surface area contributed by atoms with Crippen LogP contribution in [0, 0.1) is 12.7 Å². The smallest absolute Gasteiger partial charge is 0.151 e. The number of imidazole rings is 1. The van der Waals surface area contributed by atoms with Crippen molar-refractivity contribution in [1.82, 2.24) is 24.4 Å². The number of aromatic nitrogens is 4. The van der Waals surface area contributed by atoms with Gasteiger partial charge in [0.25, 0.3) is 0 Å².